The summed E-state index contributed by atoms with van der Waals surface area (Å²) in [7, 11) is 0. The molecule has 0 aromatic heterocycles. The minimum atomic E-state index is 0.255. The van der Waals surface area contributed by atoms with Crippen LogP contribution in [0.5, 0.6) is 0 Å². The number of hydrogen-bond acceptors (Lipinski definition) is 1. The second-order valence-electron chi connectivity index (χ2n) is 6.09. The molecule has 0 saturated heterocycles. The fourth-order valence-electron chi connectivity index (χ4n) is 4.27. The second kappa shape index (κ2) is 4.23. The number of hydrogen-bond donors (Lipinski definition) is 1. The van der Waals surface area contributed by atoms with Crippen molar-refractivity contribution in [2.45, 2.75) is 11.8 Å². The normalized spacial score (nSPS) is 20.2. The average Bonchev–Trinajstić information content (AvgIpc) is 2.58. The van der Waals surface area contributed by atoms with Gasteiger partial charge in [-0.05, 0) is 45.5 Å². The van der Waals surface area contributed by atoms with Crippen molar-refractivity contribution in [3.8, 4) is 0 Å². The molecule has 22 heavy (non-hydrogen) atoms. The SMILES string of the molecule is Nc1ccc(Br)c2c1C1c3ccccc3C2c2ccccc21. The van der Waals surface area contributed by atoms with Gasteiger partial charge in [0.25, 0.3) is 0 Å². The maximum atomic E-state index is 6.39. The Morgan fingerprint density at radius 3 is 1.59 bits per heavy atom. The van der Waals surface area contributed by atoms with E-state index in [-0.39, 0.29) is 11.8 Å². The Bertz CT molecular complexity index is 806. The predicted molar refractivity (Wildman–Crippen MR) is 93.3 cm³/mol. The van der Waals surface area contributed by atoms with Gasteiger partial charge in [-0.1, -0.05) is 64.5 Å². The molecule has 3 aliphatic rings. The molecule has 2 N–H and O–H groups in total. The van der Waals surface area contributed by atoms with E-state index in [0.29, 0.717) is 0 Å². The maximum absolute atomic E-state index is 6.39. The van der Waals surface area contributed by atoms with E-state index in [9.17, 15) is 0 Å². The van der Waals surface area contributed by atoms with E-state index < -0.39 is 0 Å². The highest BCUT2D eigenvalue weighted by Crippen LogP contribution is 2.58. The third-order valence-electron chi connectivity index (χ3n) is 5.08. The zero-order valence-electron chi connectivity index (χ0n) is 11.9. The van der Waals surface area contributed by atoms with Gasteiger partial charge in [-0.15, -0.1) is 0 Å². The summed E-state index contributed by atoms with van der Waals surface area (Å²) >= 11 is 3.77. The molecule has 0 fully saturated rings. The Morgan fingerprint density at radius 1 is 0.636 bits per heavy atom. The highest BCUT2D eigenvalue weighted by Gasteiger charge is 2.42. The minimum absolute atomic E-state index is 0.255. The van der Waals surface area contributed by atoms with E-state index in [2.05, 4.69) is 70.5 Å². The van der Waals surface area contributed by atoms with Crippen LogP contribution in [0, 0.1) is 0 Å². The van der Waals surface area contributed by atoms with Gasteiger partial charge in [-0.3, -0.25) is 0 Å². The van der Waals surface area contributed by atoms with Crippen LogP contribution >= 0.6 is 15.9 Å². The van der Waals surface area contributed by atoms with Crippen LogP contribution in [0.1, 0.15) is 45.2 Å². The standard InChI is InChI=1S/C20H14BrN/c21-15-9-10-16(22)20-18-13-7-3-1-5-11(13)17(19(15)20)12-6-2-4-8-14(12)18/h1-10,17-18H,22H2. The number of nitrogen functional groups attached to an aromatic ring is 1. The van der Waals surface area contributed by atoms with Crippen LogP contribution in [0.4, 0.5) is 5.69 Å². The molecular formula is C20H14BrN. The molecule has 0 amide bonds. The lowest BCUT2D eigenvalue weighted by Gasteiger charge is -2.43. The largest absolute Gasteiger partial charge is 0.398 e. The summed E-state index contributed by atoms with van der Waals surface area (Å²) < 4.78 is 1.16. The van der Waals surface area contributed by atoms with Crippen LogP contribution in [0.3, 0.4) is 0 Å². The zero-order valence-corrected chi connectivity index (χ0v) is 13.5. The fourth-order valence-corrected chi connectivity index (χ4v) is 4.85. The highest BCUT2D eigenvalue weighted by atomic mass is 79.9. The summed E-state index contributed by atoms with van der Waals surface area (Å²) in [4.78, 5) is 0. The van der Waals surface area contributed by atoms with E-state index >= 15 is 0 Å². The maximum Gasteiger partial charge on any atom is 0.0369 e. The Labute approximate surface area is 137 Å². The van der Waals surface area contributed by atoms with Crippen LogP contribution < -0.4 is 5.73 Å². The first-order chi connectivity index (χ1) is 10.8. The number of rotatable bonds is 0. The van der Waals surface area contributed by atoms with Gasteiger partial charge in [0.2, 0.25) is 0 Å². The van der Waals surface area contributed by atoms with Gasteiger partial charge in [0, 0.05) is 22.0 Å². The topological polar surface area (TPSA) is 26.0 Å². The van der Waals surface area contributed by atoms with Gasteiger partial charge in [0.05, 0.1) is 0 Å². The van der Waals surface area contributed by atoms with Gasteiger partial charge in [0.15, 0.2) is 0 Å². The predicted octanol–water partition coefficient (Wildman–Crippen LogP) is 5.02. The first kappa shape index (κ1) is 12.5. The molecule has 0 spiro atoms. The van der Waals surface area contributed by atoms with Crippen molar-refractivity contribution in [1.82, 2.24) is 0 Å². The van der Waals surface area contributed by atoms with Crippen molar-refractivity contribution in [1.29, 1.82) is 0 Å². The summed E-state index contributed by atoms with van der Waals surface area (Å²) in [5.74, 6) is 0.537. The van der Waals surface area contributed by atoms with Crippen LogP contribution in [0.15, 0.2) is 65.1 Å². The third-order valence-corrected chi connectivity index (χ3v) is 5.77. The molecule has 3 aliphatic carbocycles. The van der Waals surface area contributed by atoms with Gasteiger partial charge in [0.1, 0.15) is 0 Å². The molecule has 0 heterocycles. The van der Waals surface area contributed by atoms with Crippen molar-refractivity contribution in [3.63, 3.8) is 0 Å². The molecule has 0 radical (unpaired) electrons. The molecule has 0 unspecified atom stereocenters. The van der Waals surface area contributed by atoms with Crippen molar-refractivity contribution < 1.29 is 0 Å². The minimum Gasteiger partial charge on any atom is -0.398 e. The van der Waals surface area contributed by atoms with Crippen molar-refractivity contribution >= 4 is 21.6 Å². The Morgan fingerprint density at radius 2 is 1.09 bits per heavy atom. The number of benzene rings is 3. The second-order valence-corrected chi connectivity index (χ2v) is 6.94. The lowest BCUT2D eigenvalue weighted by molar-refractivity contribution is 0.753. The molecule has 2 bridgehead atoms. The first-order valence-corrected chi connectivity index (χ1v) is 8.32. The zero-order chi connectivity index (χ0) is 14.8. The smallest absolute Gasteiger partial charge is 0.0369 e. The molecule has 106 valence electrons. The molecule has 6 rings (SSSR count). The highest BCUT2D eigenvalue weighted by molar-refractivity contribution is 9.10. The summed E-state index contributed by atoms with van der Waals surface area (Å²) in [5.41, 5.74) is 15.6. The molecule has 1 nitrogen and oxygen atoms in total. The quantitative estimate of drug-likeness (QED) is 0.391. The first-order valence-electron chi connectivity index (χ1n) is 7.53. The summed E-state index contributed by atoms with van der Waals surface area (Å²) in [6, 6.07) is 21.7. The van der Waals surface area contributed by atoms with E-state index in [1.54, 1.807) is 0 Å². The van der Waals surface area contributed by atoms with Crippen LogP contribution in [0.2, 0.25) is 0 Å². The van der Waals surface area contributed by atoms with E-state index in [1.165, 1.54) is 33.4 Å². The fraction of sp³-hybridized carbons (Fsp3) is 0.100. The molecule has 0 atom stereocenters. The van der Waals surface area contributed by atoms with Crippen LogP contribution in [-0.2, 0) is 0 Å². The molecular weight excluding hydrogens is 334 g/mol. The summed E-state index contributed by atoms with van der Waals surface area (Å²) in [5, 5.41) is 0. The van der Waals surface area contributed by atoms with Crippen LogP contribution in [-0.4, -0.2) is 0 Å². The lowest BCUT2D eigenvalue weighted by atomic mass is 9.61. The van der Waals surface area contributed by atoms with E-state index in [0.717, 1.165) is 10.2 Å². The number of nitrogens with two attached hydrogens (primary N) is 1. The molecule has 0 saturated carbocycles. The summed E-state index contributed by atoms with van der Waals surface area (Å²) in [6.45, 7) is 0. The lowest BCUT2D eigenvalue weighted by Crippen LogP contribution is -2.28. The summed E-state index contributed by atoms with van der Waals surface area (Å²) in [6.07, 6.45) is 0. The monoisotopic (exact) mass is 347 g/mol. The van der Waals surface area contributed by atoms with Crippen molar-refractivity contribution in [2.75, 3.05) is 5.73 Å². The van der Waals surface area contributed by atoms with Gasteiger partial charge in [-0.25, -0.2) is 0 Å². The van der Waals surface area contributed by atoms with Gasteiger partial charge < -0.3 is 5.73 Å². The van der Waals surface area contributed by atoms with Gasteiger partial charge >= 0.3 is 0 Å². The molecule has 3 aromatic rings. The van der Waals surface area contributed by atoms with E-state index in [1.807, 2.05) is 6.07 Å². The number of halogens is 1. The number of anilines is 1. The van der Waals surface area contributed by atoms with Crippen molar-refractivity contribution in [2.24, 2.45) is 0 Å². The van der Waals surface area contributed by atoms with E-state index in [4.69, 9.17) is 5.73 Å². The average molecular weight is 348 g/mol. The molecule has 0 aliphatic heterocycles. The third kappa shape index (κ3) is 1.39. The van der Waals surface area contributed by atoms with Gasteiger partial charge in [-0.2, -0.15) is 0 Å². The van der Waals surface area contributed by atoms with Crippen LogP contribution in [0.25, 0.3) is 0 Å². The molecule has 2 heteroatoms. The Kier molecular flexibility index (Phi) is 2.40. The Hall–Kier alpha value is -2.06. The Balaban J connectivity index is 1.96. The van der Waals surface area contributed by atoms with Crippen molar-refractivity contribution in [3.05, 3.63) is 98.5 Å². The molecule has 3 aromatic carbocycles.